The maximum absolute atomic E-state index is 15.1. The number of nitrogens with zero attached hydrogens (tertiary/aromatic N) is 2. The fraction of sp³-hybridized carbons (Fsp3) is 0.179. The molecule has 4 aromatic rings. The van der Waals surface area contributed by atoms with Crippen LogP contribution in [0.4, 0.5) is 4.39 Å². The Morgan fingerprint density at radius 1 is 1.14 bits per heavy atom. The largest absolute Gasteiger partial charge is 0.462 e. The topological polar surface area (TPSA) is 71.8 Å². The fourth-order valence-corrected chi connectivity index (χ4v) is 5.04. The number of hydrogen-bond acceptors (Lipinski definition) is 6. The number of pyridine rings is 1. The number of rotatable bonds is 8. The van der Waals surface area contributed by atoms with E-state index in [2.05, 4.69) is 10.1 Å². The van der Waals surface area contributed by atoms with Crippen molar-refractivity contribution in [1.29, 1.82) is 0 Å². The summed E-state index contributed by atoms with van der Waals surface area (Å²) in [4.78, 5) is 16.8. The molecule has 1 atom stereocenters. The number of esters is 1. The Balaban J connectivity index is 1.71. The predicted octanol–water partition coefficient (Wildman–Crippen LogP) is 7.29. The lowest BCUT2D eigenvalue weighted by molar-refractivity contribution is 0.0532. The molecule has 0 bridgehead atoms. The van der Waals surface area contributed by atoms with Crippen LogP contribution in [0.2, 0.25) is 5.02 Å². The summed E-state index contributed by atoms with van der Waals surface area (Å²) in [7, 11) is 0. The number of hydrogen-bond donors (Lipinski definition) is 1. The van der Waals surface area contributed by atoms with Crippen LogP contribution in [0.15, 0.2) is 77.4 Å². The molecule has 1 unspecified atom stereocenters. The molecule has 1 N–H and O–H groups in total. The Hall–Kier alpha value is -3.55. The molecule has 0 aliphatic carbocycles. The quantitative estimate of drug-likeness (QED) is 0.114. The maximum Gasteiger partial charge on any atom is 0.348 e. The van der Waals surface area contributed by atoms with E-state index in [1.165, 1.54) is 17.4 Å². The van der Waals surface area contributed by atoms with Crippen molar-refractivity contribution in [3.63, 3.8) is 0 Å². The summed E-state index contributed by atoms with van der Waals surface area (Å²) in [5.41, 5.74) is 5.00. The first-order valence-corrected chi connectivity index (χ1v) is 12.6. The standard InChI is InChI=1S/C28H24ClFN2O3S/c1-3-35-28(33)26-14-21(16-36-26)19-4-6-20(7-5-19)27(23-9-8-22(29)15-24(23)30)25(32-34)13-18-10-11-31-17(2)12-18/h4-12,14-16,27,34H,3,13H2,1-2H3/b32-25+. The monoisotopic (exact) mass is 522 g/mol. The molecule has 0 aliphatic heterocycles. The number of oxime groups is 1. The van der Waals surface area contributed by atoms with Crippen LogP contribution in [-0.4, -0.2) is 28.5 Å². The molecule has 184 valence electrons. The molecule has 2 aromatic heterocycles. The molecule has 0 radical (unpaired) electrons. The Morgan fingerprint density at radius 2 is 1.92 bits per heavy atom. The lowest BCUT2D eigenvalue weighted by Crippen LogP contribution is -2.18. The highest BCUT2D eigenvalue weighted by Gasteiger charge is 2.25. The van der Waals surface area contributed by atoms with E-state index in [9.17, 15) is 10.0 Å². The average Bonchev–Trinajstić information content (AvgIpc) is 3.36. The van der Waals surface area contributed by atoms with Crippen LogP contribution in [0.3, 0.4) is 0 Å². The van der Waals surface area contributed by atoms with Gasteiger partial charge in [-0.2, -0.15) is 0 Å². The minimum absolute atomic E-state index is 0.285. The van der Waals surface area contributed by atoms with Crippen molar-refractivity contribution < 1.29 is 19.1 Å². The van der Waals surface area contributed by atoms with Gasteiger partial charge in [-0.3, -0.25) is 4.98 Å². The number of thiophene rings is 1. The van der Waals surface area contributed by atoms with Gasteiger partial charge in [0, 0.05) is 28.9 Å². The van der Waals surface area contributed by atoms with Crippen LogP contribution in [0.5, 0.6) is 0 Å². The number of aromatic nitrogens is 1. The van der Waals surface area contributed by atoms with Crippen molar-refractivity contribution in [3.05, 3.63) is 110 Å². The molecular formula is C28H24ClFN2O3S. The van der Waals surface area contributed by atoms with Crippen LogP contribution in [-0.2, 0) is 11.2 Å². The highest BCUT2D eigenvalue weighted by Crippen LogP contribution is 2.33. The molecule has 2 heterocycles. The number of carbonyl (C=O) groups excluding carboxylic acids is 1. The first kappa shape index (κ1) is 25.5. The van der Waals surface area contributed by atoms with E-state index in [4.69, 9.17) is 16.3 Å². The van der Waals surface area contributed by atoms with Gasteiger partial charge in [-0.25, -0.2) is 9.18 Å². The number of benzene rings is 2. The van der Waals surface area contributed by atoms with E-state index in [-0.39, 0.29) is 11.0 Å². The maximum atomic E-state index is 15.1. The van der Waals surface area contributed by atoms with Crippen LogP contribution in [0.1, 0.15) is 44.9 Å². The number of halogens is 2. The van der Waals surface area contributed by atoms with Gasteiger partial charge in [-0.15, -0.1) is 11.3 Å². The molecule has 0 saturated carbocycles. The van der Waals surface area contributed by atoms with E-state index in [1.54, 1.807) is 31.3 Å². The Kier molecular flexibility index (Phi) is 8.13. The predicted molar refractivity (Wildman–Crippen MR) is 141 cm³/mol. The van der Waals surface area contributed by atoms with Crippen molar-refractivity contribution in [3.8, 4) is 11.1 Å². The average molecular weight is 523 g/mol. The lowest BCUT2D eigenvalue weighted by Gasteiger charge is -2.21. The molecule has 36 heavy (non-hydrogen) atoms. The van der Waals surface area contributed by atoms with Crippen molar-refractivity contribution in [1.82, 2.24) is 4.98 Å². The molecule has 8 heteroatoms. The summed E-state index contributed by atoms with van der Waals surface area (Å²) in [6.07, 6.45) is 2.00. The third-order valence-electron chi connectivity index (χ3n) is 5.73. The SMILES string of the molecule is CCOC(=O)c1cc(-c2ccc(C(/C(Cc3ccnc(C)c3)=N/O)c3ccc(Cl)cc3F)cc2)cs1. The Bertz CT molecular complexity index is 1400. The molecule has 0 saturated heterocycles. The molecule has 0 amide bonds. The minimum atomic E-state index is -0.646. The number of ether oxygens (including phenoxy) is 1. The normalized spacial score (nSPS) is 12.4. The highest BCUT2D eigenvalue weighted by atomic mass is 35.5. The van der Waals surface area contributed by atoms with Gasteiger partial charge < -0.3 is 9.94 Å². The summed E-state index contributed by atoms with van der Waals surface area (Å²) in [5.74, 6) is -1.48. The molecule has 4 rings (SSSR count). The zero-order valence-corrected chi connectivity index (χ0v) is 21.3. The van der Waals surface area contributed by atoms with E-state index in [0.717, 1.165) is 27.9 Å². The van der Waals surface area contributed by atoms with Gasteiger partial charge in [0.25, 0.3) is 0 Å². The van der Waals surface area contributed by atoms with Gasteiger partial charge in [0.1, 0.15) is 10.7 Å². The summed E-state index contributed by atoms with van der Waals surface area (Å²) >= 11 is 7.32. The fourth-order valence-electron chi connectivity index (χ4n) is 4.07. The van der Waals surface area contributed by atoms with Gasteiger partial charge in [0.15, 0.2) is 0 Å². The van der Waals surface area contributed by atoms with Crippen LogP contribution < -0.4 is 0 Å². The Labute approximate surface area is 217 Å². The van der Waals surface area contributed by atoms with Crippen molar-refractivity contribution in [2.45, 2.75) is 26.2 Å². The van der Waals surface area contributed by atoms with Gasteiger partial charge in [0.2, 0.25) is 0 Å². The lowest BCUT2D eigenvalue weighted by atomic mass is 9.84. The second-order valence-corrected chi connectivity index (χ2v) is 9.56. The molecule has 5 nitrogen and oxygen atoms in total. The number of aryl methyl sites for hydroxylation is 1. The van der Waals surface area contributed by atoms with Gasteiger partial charge in [-0.1, -0.05) is 47.1 Å². The summed E-state index contributed by atoms with van der Waals surface area (Å²) < 4.78 is 20.2. The summed E-state index contributed by atoms with van der Waals surface area (Å²) in [6.45, 7) is 3.97. The third kappa shape index (κ3) is 5.80. The zero-order valence-electron chi connectivity index (χ0n) is 19.7. The van der Waals surface area contributed by atoms with E-state index >= 15 is 4.39 Å². The Morgan fingerprint density at radius 3 is 2.58 bits per heavy atom. The van der Waals surface area contributed by atoms with Crippen molar-refractivity contribution >= 4 is 34.6 Å². The zero-order chi connectivity index (χ0) is 25.7. The molecule has 2 aromatic carbocycles. The van der Waals surface area contributed by atoms with Crippen LogP contribution >= 0.6 is 22.9 Å². The van der Waals surface area contributed by atoms with Gasteiger partial charge >= 0.3 is 5.97 Å². The highest BCUT2D eigenvalue weighted by molar-refractivity contribution is 7.12. The van der Waals surface area contributed by atoms with E-state index in [1.807, 2.05) is 48.7 Å². The summed E-state index contributed by atoms with van der Waals surface area (Å²) in [5, 5.41) is 15.8. The molecular weight excluding hydrogens is 499 g/mol. The second kappa shape index (κ2) is 11.5. The van der Waals surface area contributed by atoms with Crippen LogP contribution in [0, 0.1) is 12.7 Å². The van der Waals surface area contributed by atoms with E-state index in [0.29, 0.717) is 29.2 Å². The smallest absolute Gasteiger partial charge is 0.348 e. The number of carbonyl (C=O) groups is 1. The van der Waals surface area contributed by atoms with Crippen molar-refractivity contribution in [2.24, 2.45) is 5.16 Å². The van der Waals surface area contributed by atoms with Gasteiger partial charge in [-0.05, 0) is 71.8 Å². The van der Waals surface area contributed by atoms with Gasteiger partial charge in [0.05, 0.1) is 18.2 Å². The first-order valence-electron chi connectivity index (χ1n) is 11.3. The minimum Gasteiger partial charge on any atom is -0.462 e. The van der Waals surface area contributed by atoms with Crippen molar-refractivity contribution in [2.75, 3.05) is 6.61 Å². The molecule has 0 aliphatic rings. The molecule has 0 fully saturated rings. The second-order valence-electron chi connectivity index (χ2n) is 8.21. The first-order chi connectivity index (χ1) is 17.4. The summed E-state index contributed by atoms with van der Waals surface area (Å²) in [6, 6.07) is 17.6. The van der Waals surface area contributed by atoms with E-state index < -0.39 is 11.7 Å². The van der Waals surface area contributed by atoms with Crippen LogP contribution in [0.25, 0.3) is 11.1 Å². The molecule has 0 spiro atoms. The third-order valence-corrected chi connectivity index (χ3v) is 6.88.